The van der Waals surface area contributed by atoms with E-state index < -0.39 is 12.5 Å². The molecule has 112 valence electrons. The second kappa shape index (κ2) is 6.18. The second-order valence-corrected chi connectivity index (χ2v) is 4.79. The molecule has 1 atom stereocenters. The van der Waals surface area contributed by atoms with Crippen LogP contribution in [-0.2, 0) is 6.42 Å². The maximum Gasteiger partial charge on any atom is 0.573 e. The van der Waals surface area contributed by atoms with Crippen molar-refractivity contribution in [2.45, 2.75) is 25.8 Å². The summed E-state index contributed by atoms with van der Waals surface area (Å²) in [7, 11) is 0. The molecule has 2 rings (SSSR count). The number of ether oxygens (including phenoxy) is 1. The molecular weight excluding hydrogens is 281 g/mol. The molecule has 0 aliphatic rings. The molecule has 0 fully saturated rings. The van der Waals surface area contributed by atoms with E-state index >= 15 is 0 Å². The fourth-order valence-electron chi connectivity index (χ4n) is 2.15. The number of aliphatic hydroxyl groups is 1. The summed E-state index contributed by atoms with van der Waals surface area (Å²) >= 11 is 0. The summed E-state index contributed by atoms with van der Waals surface area (Å²) < 4.78 is 41.0. The molecule has 2 aromatic rings. The summed E-state index contributed by atoms with van der Waals surface area (Å²) in [5, 5.41) is 10.2. The Labute approximate surface area is 120 Å². The van der Waals surface area contributed by atoms with E-state index in [9.17, 15) is 18.3 Å². The number of aliphatic hydroxyl groups excluding tert-OH is 1. The monoisotopic (exact) mass is 296 g/mol. The first-order chi connectivity index (χ1) is 9.85. The van der Waals surface area contributed by atoms with Crippen molar-refractivity contribution in [1.29, 1.82) is 0 Å². The normalized spacial score (nSPS) is 13.0. The van der Waals surface area contributed by atoms with E-state index in [4.69, 9.17) is 0 Å². The summed E-state index contributed by atoms with van der Waals surface area (Å²) in [5.41, 5.74) is 2.00. The van der Waals surface area contributed by atoms with Crippen LogP contribution in [0.2, 0.25) is 0 Å². The lowest BCUT2D eigenvalue weighted by Gasteiger charge is -2.17. The van der Waals surface area contributed by atoms with E-state index in [1.54, 1.807) is 6.07 Å². The van der Waals surface area contributed by atoms with E-state index in [-0.39, 0.29) is 17.7 Å². The van der Waals surface area contributed by atoms with Gasteiger partial charge in [0.25, 0.3) is 0 Å². The molecule has 0 aliphatic carbocycles. The average Bonchev–Trinajstić information content (AvgIpc) is 2.37. The fourth-order valence-corrected chi connectivity index (χ4v) is 2.15. The second-order valence-electron chi connectivity index (χ2n) is 4.79. The molecule has 2 aromatic carbocycles. The van der Waals surface area contributed by atoms with Gasteiger partial charge in [0.15, 0.2) is 0 Å². The quantitative estimate of drug-likeness (QED) is 0.917. The summed E-state index contributed by atoms with van der Waals surface area (Å²) in [6.45, 7) is 1.91. The van der Waals surface area contributed by atoms with Crippen LogP contribution in [-0.4, -0.2) is 11.5 Å². The molecule has 2 nitrogen and oxygen atoms in total. The van der Waals surface area contributed by atoms with Gasteiger partial charge in [-0.3, -0.25) is 0 Å². The van der Waals surface area contributed by atoms with Crippen molar-refractivity contribution in [3.05, 3.63) is 65.2 Å². The van der Waals surface area contributed by atoms with Crippen LogP contribution in [0.5, 0.6) is 5.75 Å². The minimum absolute atomic E-state index is 0.122. The highest BCUT2D eigenvalue weighted by Gasteiger charge is 2.32. The Morgan fingerprint density at radius 2 is 1.81 bits per heavy atom. The first-order valence-corrected chi connectivity index (χ1v) is 6.43. The minimum Gasteiger partial charge on any atom is -0.405 e. The van der Waals surface area contributed by atoms with Gasteiger partial charge in [-0.2, -0.15) is 0 Å². The third-order valence-corrected chi connectivity index (χ3v) is 3.02. The topological polar surface area (TPSA) is 29.5 Å². The molecule has 0 amide bonds. The number of para-hydroxylation sites is 1. The Morgan fingerprint density at radius 1 is 1.10 bits per heavy atom. The molecule has 1 unspecified atom stereocenters. The van der Waals surface area contributed by atoms with Crippen LogP contribution < -0.4 is 4.74 Å². The van der Waals surface area contributed by atoms with Gasteiger partial charge in [0.1, 0.15) is 5.75 Å². The highest BCUT2D eigenvalue weighted by molar-refractivity contribution is 5.36. The zero-order chi connectivity index (χ0) is 15.5. The summed E-state index contributed by atoms with van der Waals surface area (Å²) in [4.78, 5) is 0. The Kier molecular flexibility index (Phi) is 4.53. The van der Waals surface area contributed by atoms with E-state index in [0.717, 1.165) is 11.1 Å². The fraction of sp³-hybridized carbons (Fsp3) is 0.250. The number of hydrogen-bond donors (Lipinski definition) is 1. The highest BCUT2D eigenvalue weighted by Crippen LogP contribution is 2.31. The molecule has 0 aromatic heterocycles. The van der Waals surface area contributed by atoms with Crippen molar-refractivity contribution in [3.8, 4) is 5.75 Å². The molecule has 0 spiro atoms. The van der Waals surface area contributed by atoms with Crippen molar-refractivity contribution in [3.63, 3.8) is 0 Å². The Hall–Kier alpha value is -2.01. The first kappa shape index (κ1) is 15.4. The molecule has 0 saturated heterocycles. The lowest BCUT2D eigenvalue weighted by atomic mass is 9.99. The molecule has 0 aliphatic heterocycles. The third-order valence-electron chi connectivity index (χ3n) is 3.02. The zero-order valence-electron chi connectivity index (χ0n) is 11.4. The first-order valence-electron chi connectivity index (χ1n) is 6.43. The number of aryl methyl sites for hydroxylation is 1. The number of alkyl halides is 3. The summed E-state index contributed by atoms with van der Waals surface area (Å²) in [5.74, 6) is -0.370. The molecule has 5 heteroatoms. The largest absolute Gasteiger partial charge is 0.573 e. The Morgan fingerprint density at radius 3 is 2.48 bits per heavy atom. The van der Waals surface area contributed by atoms with Crippen LogP contribution in [0.1, 0.15) is 22.8 Å². The van der Waals surface area contributed by atoms with Crippen molar-refractivity contribution < 1.29 is 23.0 Å². The van der Waals surface area contributed by atoms with Gasteiger partial charge in [-0.1, -0.05) is 48.0 Å². The molecule has 0 radical (unpaired) electrons. The van der Waals surface area contributed by atoms with Gasteiger partial charge in [0.2, 0.25) is 0 Å². The molecule has 21 heavy (non-hydrogen) atoms. The van der Waals surface area contributed by atoms with Gasteiger partial charge in [-0.05, 0) is 18.6 Å². The van der Waals surface area contributed by atoms with Gasteiger partial charge in [0.05, 0.1) is 6.10 Å². The molecule has 0 heterocycles. The number of hydrogen-bond acceptors (Lipinski definition) is 2. The predicted molar refractivity (Wildman–Crippen MR) is 73.0 cm³/mol. The van der Waals surface area contributed by atoms with Crippen LogP contribution in [0.25, 0.3) is 0 Å². The number of halogens is 3. The van der Waals surface area contributed by atoms with Crippen LogP contribution in [0.3, 0.4) is 0 Å². The van der Waals surface area contributed by atoms with Crippen LogP contribution in [0, 0.1) is 6.92 Å². The maximum absolute atomic E-state index is 12.4. The van der Waals surface area contributed by atoms with E-state index in [1.165, 1.54) is 18.2 Å². The number of rotatable bonds is 4. The van der Waals surface area contributed by atoms with E-state index in [2.05, 4.69) is 4.74 Å². The standard InChI is InChI=1S/C16H15F3O2/c1-11-5-4-6-12(9-11)10-14(20)13-7-2-3-8-15(13)21-16(17,18)19/h2-9,14,20H,10H2,1H3. The van der Waals surface area contributed by atoms with Gasteiger partial charge in [0, 0.05) is 12.0 Å². The Bertz CT molecular complexity index is 608. The van der Waals surface area contributed by atoms with Crippen molar-refractivity contribution in [2.24, 2.45) is 0 Å². The smallest absolute Gasteiger partial charge is 0.405 e. The van der Waals surface area contributed by atoms with Gasteiger partial charge in [-0.15, -0.1) is 13.2 Å². The summed E-state index contributed by atoms with van der Waals surface area (Å²) in [6, 6.07) is 13.1. The SMILES string of the molecule is Cc1cccc(CC(O)c2ccccc2OC(F)(F)F)c1. The average molecular weight is 296 g/mol. The predicted octanol–water partition coefficient (Wildman–Crippen LogP) is 4.17. The van der Waals surface area contributed by atoms with Gasteiger partial charge < -0.3 is 9.84 Å². The zero-order valence-corrected chi connectivity index (χ0v) is 11.4. The van der Waals surface area contributed by atoms with E-state index in [0.29, 0.717) is 0 Å². The van der Waals surface area contributed by atoms with Crippen LogP contribution >= 0.6 is 0 Å². The van der Waals surface area contributed by atoms with Crippen LogP contribution in [0.15, 0.2) is 48.5 Å². The van der Waals surface area contributed by atoms with Gasteiger partial charge in [-0.25, -0.2) is 0 Å². The third kappa shape index (κ3) is 4.49. The molecule has 1 N–H and O–H groups in total. The lowest BCUT2D eigenvalue weighted by molar-refractivity contribution is -0.275. The molecule has 0 saturated carbocycles. The maximum atomic E-state index is 12.4. The van der Waals surface area contributed by atoms with Crippen molar-refractivity contribution in [2.75, 3.05) is 0 Å². The highest BCUT2D eigenvalue weighted by atomic mass is 19.4. The molecule has 0 bridgehead atoms. The van der Waals surface area contributed by atoms with E-state index in [1.807, 2.05) is 31.2 Å². The van der Waals surface area contributed by atoms with Crippen LogP contribution in [0.4, 0.5) is 13.2 Å². The summed E-state index contributed by atoms with van der Waals surface area (Å²) in [6.07, 6.45) is -5.62. The minimum atomic E-state index is -4.78. The lowest BCUT2D eigenvalue weighted by Crippen LogP contribution is -2.19. The molecular formula is C16H15F3O2. The van der Waals surface area contributed by atoms with Gasteiger partial charge >= 0.3 is 6.36 Å². The Balaban J connectivity index is 2.21. The van der Waals surface area contributed by atoms with Crippen molar-refractivity contribution in [1.82, 2.24) is 0 Å². The number of benzene rings is 2. The van der Waals surface area contributed by atoms with Crippen molar-refractivity contribution >= 4 is 0 Å².